The molecule has 2 N–H and O–H groups in total. The maximum absolute atomic E-state index is 12.4. The molecule has 2 amide bonds. The topological polar surface area (TPSA) is 132 Å². The molecule has 0 radical (unpaired) electrons. The highest BCUT2D eigenvalue weighted by molar-refractivity contribution is 6.39. The van der Waals surface area contributed by atoms with E-state index in [0.29, 0.717) is 11.3 Å². The summed E-state index contributed by atoms with van der Waals surface area (Å²) in [5.41, 5.74) is 2.30. The summed E-state index contributed by atoms with van der Waals surface area (Å²) in [5.74, 6) is -1.22. The monoisotopic (exact) mass is 411 g/mol. The van der Waals surface area contributed by atoms with Crippen LogP contribution in [0.15, 0.2) is 47.1 Å². The summed E-state index contributed by atoms with van der Waals surface area (Å²) in [5, 5.41) is 20.4. The van der Waals surface area contributed by atoms with Gasteiger partial charge in [-0.1, -0.05) is 6.07 Å². The first-order valence-corrected chi connectivity index (χ1v) is 9.16. The van der Waals surface area contributed by atoms with Crippen LogP contribution in [0.1, 0.15) is 28.8 Å². The minimum Gasteiger partial charge on any atom is -0.467 e. The van der Waals surface area contributed by atoms with E-state index in [1.54, 1.807) is 23.7 Å². The fraction of sp³-hybridized carbons (Fsp3) is 0.250. The molecule has 0 spiro atoms. The van der Waals surface area contributed by atoms with Crippen LogP contribution in [0.25, 0.3) is 0 Å². The lowest BCUT2D eigenvalue weighted by Gasteiger charge is -2.18. The summed E-state index contributed by atoms with van der Waals surface area (Å²) in [6.07, 6.45) is 1.52. The SMILES string of the molecule is Cc1cc(C)n(C(CNC(=O)C(=O)Nc2cc([N+](=O)[O-])ccc2C)c2ccco2)n1. The van der Waals surface area contributed by atoms with Gasteiger partial charge in [0.2, 0.25) is 0 Å². The standard InChI is InChI=1S/C20H21N5O5/c1-12-6-7-15(25(28)29)10-16(12)22-20(27)19(26)21-11-17(18-5-4-8-30-18)24-14(3)9-13(2)23-24/h4-10,17H,11H2,1-3H3,(H,21,26)(H,22,27). The number of carbonyl (C=O) groups excluding carboxylic acids is 2. The number of non-ortho nitro benzene ring substituents is 1. The van der Waals surface area contributed by atoms with Crippen molar-refractivity contribution in [1.29, 1.82) is 0 Å². The van der Waals surface area contributed by atoms with Crippen LogP contribution < -0.4 is 10.6 Å². The third kappa shape index (κ3) is 4.54. The van der Waals surface area contributed by atoms with Crippen molar-refractivity contribution < 1.29 is 18.9 Å². The molecule has 0 saturated heterocycles. The zero-order valence-corrected chi connectivity index (χ0v) is 16.7. The second-order valence-corrected chi connectivity index (χ2v) is 6.82. The minimum absolute atomic E-state index is 0.0651. The fourth-order valence-electron chi connectivity index (χ4n) is 3.06. The lowest BCUT2D eigenvalue weighted by atomic mass is 10.2. The normalized spacial score (nSPS) is 11.7. The van der Waals surface area contributed by atoms with Gasteiger partial charge >= 0.3 is 11.8 Å². The molecule has 30 heavy (non-hydrogen) atoms. The average molecular weight is 411 g/mol. The molecular formula is C20H21N5O5. The quantitative estimate of drug-likeness (QED) is 0.364. The molecule has 0 fully saturated rings. The van der Waals surface area contributed by atoms with E-state index < -0.39 is 22.8 Å². The number of aromatic nitrogens is 2. The molecule has 2 aromatic heterocycles. The van der Waals surface area contributed by atoms with Crippen LogP contribution in [0.4, 0.5) is 11.4 Å². The Kier molecular flexibility index (Phi) is 5.95. The maximum Gasteiger partial charge on any atom is 0.313 e. The fourth-order valence-corrected chi connectivity index (χ4v) is 3.06. The van der Waals surface area contributed by atoms with Crippen molar-refractivity contribution in [2.75, 3.05) is 11.9 Å². The summed E-state index contributed by atoms with van der Waals surface area (Å²) in [4.78, 5) is 35.0. The molecule has 0 aliphatic heterocycles. The van der Waals surface area contributed by atoms with Crippen LogP contribution in [-0.4, -0.2) is 33.1 Å². The number of nitro groups is 1. The van der Waals surface area contributed by atoms with E-state index in [-0.39, 0.29) is 17.9 Å². The number of nitrogens with one attached hydrogen (secondary N) is 2. The zero-order chi connectivity index (χ0) is 21.8. The van der Waals surface area contributed by atoms with Gasteiger partial charge in [-0.05, 0) is 44.5 Å². The number of furan rings is 1. The Balaban J connectivity index is 1.71. The molecular weight excluding hydrogens is 390 g/mol. The number of carbonyl (C=O) groups is 2. The zero-order valence-electron chi connectivity index (χ0n) is 16.7. The van der Waals surface area contributed by atoms with Gasteiger partial charge in [0, 0.05) is 24.4 Å². The second kappa shape index (κ2) is 8.60. The minimum atomic E-state index is -0.926. The van der Waals surface area contributed by atoms with Crippen molar-refractivity contribution in [2.24, 2.45) is 0 Å². The summed E-state index contributed by atoms with van der Waals surface area (Å²) in [6, 6.07) is 8.99. The van der Waals surface area contributed by atoms with Crippen LogP contribution in [0.2, 0.25) is 0 Å². The van der Waals surface area contributed by atoms with E-state index in [4.69, 9.17) is 4.42 Å². The lowest BCUT2D eigenvalue weighted by molar-refractivity contribution is -0.384. The number of hydrogen-bond acceptors (Lipinski definition) is 6. The summed E-state index contributed by atoms with van der Waals surface area (Å²) < 4.78 is 7.20. The van der Waals surface area contributed by atoms with Crippen molar-refractivity contribution in [3.8, 4) is 0 Å². The number of hydrogen-bond donors (Lipinski definition) is 2. The molecule has 0 aliphatic rings. The number of nitro benzene ring substituents is 1. The van der Waals surface area contributed by atoms with E-state index in [1.807, 2.05) is 19.9 Å². The Bertz CT molecular complexity index is 1090. The maximum atomic E-state index is 12.4. The smallest absolute Gasteiger partial charge is 0.313 e. The number of nitrogens with zero attached hydrogens (tertiary/aromatic N) is 3. The Labute approximate surface area is 172 Å². The van der Waals surface area contributed by atoms with Crippen molar-refractivity contribution in [1.82, 2.24) is 15.1 Å². The van der Waals surface area contributed by atoms with Crippen molar-refractivity contribution in [3.63, 3.8) is 0 Å². The Hall–Kier alpha value is -3.95. The molecule has 156 valence electrons. The molecule has 10 heteroatoms. The highest BCUT2D eigenvalue weighted by Crippen LogP contribution is 2.22. The van der Waals surface area contributed by atoms with Gasteiger partial charge in [0.25, 0.3) is 5.69 Å². The van der Waals surface area contributed by atoms with Crippen LogP contribution in [0.5, 0.6) is 0 Å². The number of aryl methyl sites for hydroxylation is 3. The largest absolute Gasteiger partial charge is 0.467 e. The van der Waals surface area contributed by atoms with E-state index in [0.717, 1.165) is 11.4 Å². The third-order valence-corrected chi connectivity index (χ3v) is 4.55. The first-order chi connectivity index (χ1) is 14.3. The Morgan fingerprint density at radius 3 is 2.57 bits per heavy atom. The highest BCUT2D eigenvalue weighted by Gasteiger charge is 2.23. The molecule has 0 bridgehead atoms. The van der Waals surface area contributed by atoms with Gasteiger partial charge in [0.05, 0.1) is 22.6 Å². The molecule has 1 unspecified atom stereocenters. The molecule has 0 saturated carbocycles. The molecule has 0 aliphatic carbocycles. The van der Waals surface area contributed by atoms with Gasteiger partial charge in [0.15, 0.2) is 0 Å². The highest BCUT2D eigenvalue weighted by atomic mass is 16.6. The molecule has 3 rings (SSSR count). The van der Waals surface area contributed by atoms with E-state index in [2.05, 4.69) is 15.7 Å². The Morgan fingerprint density at radius 1 is 1.20 bits per heavy atom. The molecule has 2 heterocycles. The molecule has 10 nitrogen and oxygen atoms in total. The van der Waals surface area contributed by atoms with Crippen molar-refractivity contribution in [2.45, 2.75) is 26.8 Å². The van der Waals surface area contributed by atoms with Gasteiger partial charge in [-0.25, -0.2) is 0 Å². The van der Waals surface area contributed by atoms with E-state index in [1.165, 1.54) is 24.5 Å². The Morgan fingerprint density at radius 2 is 1.97 bits per heavy atom. The molecule has 1 atom stereocenters. The van der Waals surface area contributed by atoms with Crippen LogP contribution in [-0.2, 0) is 9.59 Å². The summed E-state index contributed by atoms with van der Waals surface area (Å²) in [6.45, 7) is 5.48. The van der Waals surface area contributed by atoms with Crippen molar-refractivity contribution >= 4 is 23.2 Å². The number of anilines is 1. The molecule has 3 aromatic rings. The van der Waals surface area contributed by atoms with Crippen molar-refractivity contribution in [3.05, 3.63) is 75.5 Å². The number of rotatable bonds is 6. The van der Waals surface area contributed by atoms with Crippen LogP contribution in [0.3, 0.4) is 0 Å². The summed E-state index contributed by atoms with van der Waals surface area (Å²) in [7, 11) is 0. The van der Waals surface area contributed by atoms with Gasteiger partial charge < -0.3 is 15.1 Å². The first-order valence-electron chi connectivity index (χ1n) is 9.16. The third-order valence-electron chi connectivity index (χ3n) is 4.55. The second-order valence-electron chi connectivity index (χ2n) is 6.82. The predicted octanol–water partition coefficient (Wildman–Crippen LogP) is 2.65. The predicted molar refractivity (Wildman–Crippen MR) is 108 cm³/mol. The van der Waals surface area contributed by atoms with Gasteiger partial charge in [-0.15, -0.1) is 0 Å². The molecule has 1 aromatic carbocycles. The van der Waals surface area contributed by atoms with Crippen LogP contribution in [0, 0.1) is 30.9 Å². The number of amides is 2. The lowest BCUT2D eigenvalue weighted by Crippen LogP contribution is -2.39. The van der Waals surface area contributed by atoms with Gasteiger partial charge in [-0.3, -0.25) is 24.4 Å². The first kappa shape index (κ1) is 20.8. The van der Waals surface area contributed by atoms with Gasteiger partial charge in [-0.2, -0.15) is 5.10 Å². The summed E-state index contributed by atoms with van der Waals surface area (Å²) >= 11 is 0. The van der Waals surface area contributed by atoms with Gasteiger partial charge in [0.1, 0.15) is 11.8 Å². The van der Waals surface area contributed by atoms with Crippen LogP contribution >= 0.6 is 0 Å². The van der Waals surface area contributed by atoms with E-state index in [9.17, 15) is 19.7 Å². The number of benzene rings is 1. The average Bonchev–Trinajstić information content (AvgIpc) is 3.33. The van der Waals surface area contributed by atoms with E-state index >= 15 is 0 Å².